The molecule has 0 aliphatic carbocycles. The molecule has 6 heteroatoms. The van der Waals surface area contributed by atoms with Gasteiger partial charge in [-0.05, 0) is 36.2 Å². The highest BCUT2D eigenvalue weighted by Gasteiger charge is 2.29. The van der Waals surface area contributed by atoms with Gasteiger partial charge in [0.25, 0.3) is 6.47 Å². The smallest absolute Gasteiger partial charge is 0.416 e. The van der Waals surface area contributed by atoms with E-state index in [1.165, 1.54) is 12.1 Å². The number of hydrogen-bond donors (Lipinski definition) is 2. The number of rotatable bonds is 3. The van der Waals surface area contributed by atoms with Gasteiger partial charge in [-0.2, -0.15) is 13.2 Å². The number of benzene rings is 1. The summed E-state index contributed by atoms with van der Waals surface area (Å²) in [5.41, 5.74) is 6.14. The maximum absolute atomic E-state index is 12.2. The molecule has 0 aliphatic heterocycles. The largest absolute Gasteiger partial charge is 0.483 e. The molecule has 0 fully saturated rings. The summed E-state index contributed by atoms with van der Waals surface area (Å²) < 4.78 is 36.7. The fraction of sp³-hybridized carbons (Fsp3) is 0.250. The van der Waals surface area contributed by atoms with Crippen LogP contribution in [0.15, 0.2) is 30.8 Å². The number of halogens is 3. The second kappa shape index (κ2) is 7.50. The van der Waals surface area contributed by atoms with Crippen LogP contribution in [0, 0.1) is 0 Å². The van der Waals surface area contributed by atoms with Gasteiger partial charge >= 0.3 is 6.18 Å². The SMILES string of the molecule is C=C(CCN)c1ccc(C(F)(F)F)cc1.O=CO. The zero-order chi connectivity index (χ0) is 14.2. The second-order valence-electron chi connectivity index (χ2n) is 3.32. The number of hydrogen-bond acceptors (Lipinski definition) is 2. The summed E-state index contributed by atoms with van der Waals surface area (Å²) in [5.74, 6) is 0. The third-order valence-corrected chi connectivity index (χ3v) is 2.07. The fourth-order valence-corrected chi connectivity index (χ4v) is 1.21. The minimum Gasteiger partial charge on any atom is -0.483 e. The quantitative estimate of drug-likeness (QED) is 0.822. The molecule has 0 spiro atoms. The van der Waals surface area contributed by atoms with Crippen LogP contribution >= 0.6 is 0 Å². The minimum atomic E-state index is -4.28. The topological polar surface area (TPSA) is 63.3 Å². The van der Waals surface area contributed by atoms with Crippen molar-refractivity contribution in [2.75, 3.05) is 6.54 Å². The van der Waals surface area contributed by atoms with Crippen molar-refractivity contribution >= 4 is 12.0 Å². The Morgan fingerprint density at radius 2 is 1.78 bits per heavy atom. The lowest BCUT2D eigenvalue weighted by atomic mass is 10.0. The summed E-state index contributed by atoms with van der Waals surface area (Å²) in [4.78, 5) is 8.36. The predicted octanol–water partition coefficient (Wildman–Crippen LogP) is 2.77. The molecular weight excluding hydrogens is 247 g/mol. The Hall–Kier alpha value is -1.82. The van der Waals surface area contributed by atoms with E-state index in [0.717, 1.165) is 17.7 Å². The average Bonchev–Trinajstić information content (AvgIpc) is 2.29. The lowest BCUT2D eigenvalue weighted by molar-refractivity contribution is -0.137. The van der Waals surface area contributed by atoms with E-state index in [9.17, 15) is 13.2 Å². The van der Waals surface area contributed by atoms with Crippen molar-refractivity contribution in [1.82, 2.24) is 0 Å². The molecule has 0 atom stereocenters. The van der Waals surface area contributed by atoms with Crippen LogP contribution in [0.5, 0.6) is 0 Å². The van der Waals surface area contributed by atoms with Crippen LogP contribution in [0.1, 0.15) is 17.5 Å². The fourth-order valence-electron chi connectivity index (χ4n) is 1.21. The summed E-state index contributed by atoms with van der Waals surface area (Å²) >= 11 is 0. The molecule has 1 rings (SSSR count). The summed E-state index contributed by atoms with van der Waals surface area (Å²) in [6.07, 6.45) is -3.70. The van der Waals surface area contributed by atoms with Crippen LogP contribution in [0.4, 0.5) is 13.2 Å². The predicted molar refractivity (Wildman–Crippen MR) is 62.8 cm³/mol. The van der Waals surface area contributed by atoms with Crippen LogP contribution < -0.4 is 5.73 Å². The van der Waals surface area contributed by atoms with Gasteiger partial charge in [0.1, 0.15) is 0 Å². The van der Waals surface area contributed by atoms with Crippen molar-refractivity contribution in [3.63, 3.8) is 0 Å². The van der Waals surface area contributed by atoms with Gasteiger partial charge in [-0.3, -0.25) is 4.79 Å². The van der Waals surface area contributed by atoms with E-state index < -0.39 is 11.7 Å². The number of nitrogens with two attached hydrogens (primary N) is 1. The molecule has 1 aromatic rings. The highest BCUT2D eigenvalue weighted by Crippen LogP contribution is 2.30. The van der Waals surface area contributed by atoms with Crippen molar-refractivity contribution in [1.29, 1.82) is 0 Å². The van der Waals surface area contributed by atoms with Gasteiger partial charge in [0.15, 0.2) is 0 Å². The lowest BCUT2D eigenvalue weighted by Crippen LogP contribution is -2.04. The van der Waals surface area contributed by atoms with Crippen molar-refractivity contribution in [3.05, 3.63) is 42.0 Å². The zero-order valence-corrected chi connectivity index (χ0v) is 9.57. The van der Waals surface area contributed by atoms with Crippen molar-refractivity contribution < 1.29 is 23.1 Å². The number of alkyl halides is 3. The van der Waals surface area contributed by atoms with Gasteiger partial charge in [-0.15, -0.1) is 0 Å². The van der Waals surface area contributed by atoms with E-state index >= 15 is 0 Å². The maximum atomic E-state index is 12.2. The molecule has 0 unspecified atom stereocenters. The average molecular weight is 261 g/mol. The second-order valence-corrected chi connectivity index (χ2v) is 3.32. The van der Waals surface area contributed by atoms with E-state index in [0.29, 0.717) is 18.5 Å². The Kier molecular flexibility index (Phi) is 6.74. The van der Waals surface area contributed by atoms with Gasteiger partial charge < -0.3 is 10.8 Å². The Morgan fingerprint density at radius 3 is 2.11 bits per heavy atom. The van der Waals surface area contributed by atoms with Crippen molar-refractivity contribution in [2.24, 2.45) is 5.73 Å². The van der Waals surface area contributed by atoms with E-state index in [1.807, 2.05) is 0 Å². The van der Waals surface area contributed by atoms with Crippen molar-refractivity contribution in [2.45, 2.75) is 12.6 Å². The number of carbonyl (C=O) groups is 1. The van der Waals surface area contributed by atoms with Crippen LogP contribution in [0.2, 0.25) is 0 Å². The first-order valence-corrected chi connectivity index (χ1v) is 5.00. The minimum absolute atomic E-state index is 0.250. The van der Waals surface area contributed by atoms with E-state index in [4.69, 9.17) is 15.6 Å². The molecule has 0 saturated heterocycles. The summed E-state index contributed by atoms with van der Waals surface area (Å²) in [6, 6.07) is 4.94. The zero-order valence-electron chi connectivity index (χ0n) is 9.57. The summed E-state index contributed by atoms with van der Waals surface area (Å²) in [5, 5.41) is 6.89. The van der Waals surface area contributed by atoms with Crippen LogP contribution in [-0.4, -0.2) is 18.1 Å². The molecule has 18 heavy (non-hydrogen) atoms. The highest BCUT2D eigenvalue weighted by molar-refractivity contribution is 5.63. The normalized spacial score (nSPS) is 10.2. The number of carboxylic acid groups (broad SMARTS) is 1. The molecule has 0 aliphatic rings. The molecule has 3 nitrogen and oxygen atoms in total. The Balaban J connectivity index is 0.000000873. The Labute approximate surface area is 103 Å². The first-order chi connectivity index (χ1) is 8.36. The molecule has 0 amide bonds. The standard InChI is InChI=1S/C11H12F3N.CH2O2/c1-8(6-7-15)9-2-4-10(5-3-9)11(12,13)14;2-1-3/h2-5H,1,6-7,15H2;1H,(H,2,3). The highest BCUT2D eigenvalue weighted by atomic mass is 19.4. The summed E-state index contributed by atoms with van der Waals surface area (Å²) in [7, 11) is 0. The van der Waals surface area contributed by atoms with Gasteiger partial charge in [-0.1, -0.05) is 18.7 Å². The third-order valence-electron chi connectivity index (χ3n) is 2.07. The monoisotopic (exact) mass is 261 g/mol. The van der Waals surface area contributed by atoms with Gasteiger partial charge in [0, 0.05) is 0 Å². The van der Waals surface area contributed by atoms with Gasteiger partial charge in [-0.25, -0.2) is 0 Å². The molecule has 0 bridgehead atoms. The molecular formula is C12H14F3NO2. The molecule has 0 aromatic heterocycles. The van der Waals surface area contributed by atoms with Crippen LogP contribution in [0.25, 0.3) is 5.57 Å². The Morgan fingerprint density at radius 1 is 1.33 bits per heavy atom. The van der Waals surface area contributed by atoms with Gasteiger partial charge in [0.2, 0.25) is 0 Å². The van der Waals surface area contributed by atoms with E-state index in [2.05, 4.69) is 6.58 Å². The summed E-state index contributed by atoms with van der Waals surface area (Å²) in [6.45, 7) is 3.94. The van der Waals surface area contributed by atoms with Crippen LogP contribution in [-0.2, 0) is 11.0 Å². The molecule has 0 heterocycles. The maximum Gasteiger partial charge on any atom is 0.416 e. The third kappa shape index (κ3) is 5.49. The Bertz CT molecular complexity index is 385. The molecule has 1 aromatic carbocycles. The molecule has 3 N–H and O–H groups in total. The molecule has 0 radical (unpaired) electrons. The van der Waals surface area contributed by atoms with E-state index in [-0.39, 0.29) is 6.47 Å². The van der Waals surface area contributed by atoms with E-state index in [1.54, 1.807) is 0 Å². The molecule has 100 valence electrons. The molecule has 0 saturated carbocycles. The van der Waals surface area contributed by atoms with Crippen molar-refractivity contribution in [3.8, 4) is 0 Å². The lowest BCUT2D eigenvalue weighted by Gasteiger charge is -2.08. The first-order valence-electron chi connectivity index (χ1n) is 5.00. The van der Waals surface area contributed by atoms with Crippen LogP contribution in [0.3, 0.4) is 0 Å². The van der Waals surface area contributed by atoms with Gasteiger partial charge in [0.05, 0.1) is 5.56 Å². The first kappa shape index (κ1) is 16.2.